The van der Waals surface area contributed by atoms with Crippen LogP contribution in [0.15, 0.2) is 6.20 Å². The summed E-state index contributed by atoms with van der Waals surface area (Å²) < 4.78 is 0. The van der Waals surface area contributed by atoms with Crippen LogP contribution in [0.3, 0.4) is 0 Å². The van der Waals surface area contributed by atoms with Crippen LogP contribution in [0.2, 0.25) is 5.28 Å². The van der Waals surface area contributed by atoms with Gasteiger partial charge in [0.05, 0.1) is 6.54 Å². The van der Waals surface area contributed by atoms with Gasteiger partial charge in [0.15, 0.2) is 0 Å². The number of nitrogens with zero attached hydrogens (tertiary/aromatic N) is 3. The van der Waals surface area contributed by atoms with Crippen molar-refractivity contribution < 1.29 is 4.79 Å². The van der Waals surface area contributed by atoms with Crippen molar-refractivity contribution in [3.05, 3.63) is 17.0 Å². The normalized spacial score (nSPS) is 16.4. The van der Waals surface area contributed by atoms with Crippen LogP contribution in [0.25, 0.3) is 0 Å². The molecule has 0 atom stereocenters. The van der Waals surface area contributed by atoms with E-state index in [1.54, 1.807) is 6.20 Å². The van der Waals surface area contributed by atoms with E-state index in [-0.39, 0.29) is 11.2 Å². The van der Waals surface area contributed by atoms with Crippen molar-refractivity contribution in [2.24, 2.45) is 0 Å². The molecule has 0 radical (unpaired) electrons. The first kappa shape index (κ1) is 10.2. The molecule has 1 aliphatic heterocycles. The van der Waals surface area contributed by atoms with Crippen LogP contribution >= 0.6 is 11.6 Å². The van der Waals surface area contributed by atoms with Crippen LogP contribution in [0.4, 0.5) is 5.82 Å². The van der Waals surface area contributed by atoms with Crippen molar-refractivity contribution in [1.29, 1.82) is 0 Å². The Morgan fingerprint density at radius 3 is 3.13 bits per heavy atom. The van der Waals surface area contributed by atoms with Crippen molar-refractivity contribution in [1.82, 2.24) is 15.3 Å². The van der Waals surface area contributed by atoms with Crippen molar-refractivity contribution in [2.75, 3.05) is 24.5 Å². The summed E-state index contributed by atoms with van der Waals surface area (Å²) in [7, 11) is 0. The van der Waals surface area contributed by atoms with E-state index in [0.29, 0.717) is 13.1 Å². The molecule has 1 amide bonds. The molecule has 0 unspecified atom stereocenters. The highest BCUT2D eigenvalue weighted by Gasteiger charge is 2.19. The molecule has 0 saturated carbocycles. The van der Waals surface area contributed by atoms with E-state index >= 15 is 0 Å². The lowest BCUT2D eigenvalue weighted by Gasteiger charge is -2.28. The minimum absolute atomic E-state index is 0.00962. The molecular weight excluding hydrogens is 216 g/mol. The van der Waals surface area contributed by atoms with Gasteiger partial charge in [-0.1, -0.05) is 0 Å². The third-order valence-corrected chi connectivity index (χ3v) is 2.44. The standard InChI is InChI=1S/C9H11ClN4O/c1-6-4-12-9(10)13-8(6)14-3-2-11-7(15)5-14/h4H,2-3,5H2,1H3,(H,11,15). The Hall–Kier alpha value is -1.36. The number of anilines is 1. The van der Waals surface area contributed by atoms with Crippen LogP contribution < -0.4 is 10.2 Å². The zero-order valence-electron chi connectivity index (χ0n) is 8.33. The number of nitrogens with one attached hydrogen (secondary N) is 1. The maximum Gasteiger partial charge on any atom is 0.239 e. The molecule has 1 fully saturated rings. The van der Waals surface area contributed by atoms with Crippen molar-refractivity contribution in [2.45, 2.75) is 6.92 Å². The summed E-state index contributed by atoms with van der Waals surface area (Å²) in [5, 5.41) is 2.97. The summed E-state index contributed by atoms with van der Waals surface area (Å²) in [5.74, 6) is 0.750. The van der Waals surface area contributed by atoms with Gasteiger partial charge in [-0.05, 0) is 18.5 Å². The molecule has 5 nitrogen and oxygen atoms in total. The zero-order valence-corrected chi connectivity index (χ0v) is 9.08. The summed E-state index contributed by atoms with van der Waals surface area (Å²) >= 11 is 5.72. The van der Waals surface area contributed by atoms with E-state index < -0.39 is 0 Å². The van der Waals surface area contributed by atoms with Gasteiger partial charge in [-0.2, -0.15) is 0 Å². The second kappa shape index (κ2) is 4.02. The average Bonchev–Trinajstić information content (AvgIpc) is 2.22. The predicted octanol–water partition coefficient (Wildman–Crippen LogP) is 0.375. The van der Waals surface area contributed by atoms with Crippen molar-refractivity contribution >= 4 is 23.3 Å². The number of hydrogen-bond acceptors (Lipinski definition) is 4. The zero-order chi connectivity index (χ0) is 10.8. The summed E-state index contributed by atoms with van der Waals surface area (Å²) in [6.45, 7) is 3.62. The SMILES string of the molecule is Cc1cnc(Cl)nc1N1CCNC(=O)C1. The molecule has 1 aromatic rings. The lowest BCUT2D eigenvalue weighted by molar-refractivity contribution is -0.120. The second-order valence-corrected chi connectivity index (χ2v) is 3.76. The van der Waals surface area contributed by atoms with Gasteiger partial charge < -0.3 is 10.2 Å². The molecular formula is C9H11ClN4O. The number of hydrogen-bond donors (Lipinski definition) is 1. The summed E-state index contributed by atoms with van der Waals surface area (Å²) in [4.78, 5) is 21.1. The molecule has 80 valence electrons. The average molecular weight is 227 g/mol. The Morgan fingerprint density at radius 1 is 1.60 bits per heavy atom. The fourth-order valence-corrected chi connectivity index (χ4v) is 1.68. The number of halogens is 1. The topological polar surface area (TPSA) is 58.1 Å². The quantitative estimate of drug-likeness (QED) is 0.704. The molecule has 15 heavy (non-hydrogen) atoms. The van der Waals surface area contributed by atoms with Crippen molar-refractivity contribution in [3.8, 4) is 0 Å². The van der Waals surface area contributed by atoms with E-state index in [1.165, 1.54) is 0 Å². The number of amides is 1. The maximum absolute atomic E-state index is 11.2. The Morgan fingerprint density at radius 2 is 2.40 bits per heavy atom. The molecule has 6 heteroatoms. The predicted molar refractivity (Wildman–Crippen MR) is 57.0 cm³/mol. The van der Waals surface area contributed by atoms with Gasteiger partial charge in [0.2, 0.25) is 11.2 Å². The summed E-state index contributed by atoms with van der Waals surface area (Å²) in [5.41, 5.74) is 0.925. The van der Waals surface area contributed by atoms with E-state index in [1.807, 2.05) is 11.8 Å². The van der Waals surface area contributed by atoms with Crippen LogP contribution in [0, 0.1) is 6.92 Å². The molecule has 0 aliphatic carbocycles. The molecule has 0 aromatic carbocycles. The van der Waals surface area contributed by atoms with Crippen LogP contribution in [0.1, 0.15) is 5.56 Å². The van der Waals surface area contributed by atoms with Gasteiger partial charge in [0, 0.05) is 24.8 Å². The van der Waals surface area contributed by atoms with Gasteiger partial charge in [-0.15, -0.1) is 0 Å². The van der Waals surface area contributed by atoms with Crippen LogP contribution in [0.5, 0.6) is 0 Å². The largest absolute Gasteiger partial charge is 0.353 e. The highest BCUT2D eigenvalue weighted by atomic mass is 35.5. The monoisotopic (exact) mass is 226 g/mol. The van der Waals surface area contributed by atoms with E-state index in [0.717, 1.165) is 17.9 Å². The second-order valence-electron chi connectivity index (χ2n) is 3.42. The van der Waals surface area contributed by atoms with Crippen LogP contribution in [-0.2, 0) is 4.79 Å². The van der Waals surface area contributed by atoms with Gasteiger partial charge in [-0.3, -0.25) is 4.79 Å². The van der Waals surface area contributed by atoms with Gasteiger partial charge >= 0.3 is 0 Å². The van der Waals surface area contributed by atoms with Gasteiger partial charge in [0.25, 0.3) is 0 Å². The molecule has 1 N–H and O–H groups in total. The third kappa shape index (κ3) is 2.18. The molecule has 1 saturated heterocycles. The molecule has 1 aliphatic rings. The van der Waals surface area contributed by atoms with Crippen LogP contribution in [-0.4, -0.2) is 35.5 Å². The Bertz CT molecular complexity index is 396. The fourth-order valence-electron chi connectivity index (χ4n) is 1.55. The first-order valence-corrected chi connectivity index (χ1v) is 5.05. The minimum atomic E-state index is 0.00962. The highest BCUT2D eigenvalue weighted by molar-refractivity contribution is 6.28. The lowest BCUT2D eigenvalue weighted by atomic mass is 10.3. The number of aromatic nitrogens is 2. The van der Waals surface area contributed by atoms with E-state index in [4.69, 9.17) is 11.6 Å². The summed E-state index contributed by atoms with van der Waals surface area (Å²) in [6, 6.07) is 0. The first-order chi connectivity index (χ1) is 7.16. The Kier molecular flexibility index (Phi) is 2.73. The lowest BCUT2D eigenvalue weighted by Crippen LogP contribution is -2.48. The number of rotatable bonds is 1. The van der Waals surface area contributed by atoms with Gasteiger partial charge in [-0.25, -0.2) is 9.97 Å². The number of carbonyl (C=O) groups excluding carboxylic acids is 1. The molecule has 0 bridgehead atoms. The number of piperazine rings is 1. The fraction of sp³-hybridized carbons (Fsp3) is 0.444. The Balaban J connectivity index is 2.27. The smallest absolute Gasteiger partial charge is 0.239 e. The Labute approximate surface area is 92.5 Å². The third-order valence-electron chi connectivity index (χ3n) is 2.25. The van der Waals surface area contributed by atoms with E-state index in [9.17, 15) is 4.79 Å². The summed E-state index contributed by atoms with van der Waals surface area (Å²) in [6.07, 6.45) is 1.66. The molecule has 2 rings (SSSR count). The number of carbonyl (C=O) groups is 1. The molecule has 1 aromatic heterocycles. The van der Waals surface area contributed by atoms with Crippen molar-refractivity contribution in [3.63, 3.8) is 0 Å². The maximum atomic E-state index is 11.2. The van der Waals surface area contributed by atoms with E-state index in [2.05, 4.69) is 15.3 Å². The first-order valence-electron chi connectivity index (χ1n) is 4.67. The highest BCUT2D eigenvalue weighted by Crippen LogP contribution is 2.18. The molecule has 0 spiro atoms. The minimum Gasteiger partial charge on any atom is -0.353 e. The molecule has 2 heterocycles. The number of aryl methyl sites for hydroxylation is 1. The van der Waals surface area contributed by atoms with Gasteiger partial charge in [0.1, 0.15) is 5.82 Å².